The number of ether oxygens (including phenoxy) is 2. The van der Waals surface area contributed by atoms with Crippen molar-refractivity contribution in [1.82, 2.24) is 15.1 Å². The fourth-order valence-electron chi connectivity index (χ4n) is 3.83. The Kier molecular flexibility index (Phi) is 6.99. The topological polar surface area (TPSA) is 54.0 Å². The molecule has 1 N–H and O–H groups in total. The van der Waals surface area contributed by atoms with E-state index in [1.807, 2.05) is 23.1 Å². The average Bonchev–Trinajstić information content (AvgIpc) is 3.21. The van der Waals surface area contributed by atoms with Gasteiger partial charge in [-0.1, -0.05) is 24.3 Å². The second kappa shape index (κ2) is 9.65. The van der Waals surface area contributed by atoms with Gasteiger partial charge in [0.25, 0.3) is 0 Å². The maximum atomic E-state index is 12.9. The predicted octanol–water partition coefficient (Wildman–Crippen LogP) is 3.81. The molecule has 0 bridgehead atoms. The normalized spacial score (nSPS) is 16.2. The standard InChI is InChI=1S/C23H31N3O3/c1-25(2)16-18-9-7-17(8-10-18)15-24-23(27)26-13-5-6-21(26)20-12-11-19(28-3)14-22(20)29-4/h7-12,14,21H,5-6,13,15-16H2,1-4H3,(H,24,27). The number of benzene rings is 2. The van der Waals surface area contributed by atoms with Crippen molar-refractivity contribution in [2.75, 3.05) is 34.9 Å². The van der Waals surface area contributed by atoms with Crippen LogP contribution in [0.5, 0.6) is 11.5 Å². The zero-order chi connectivity index (χ0) is 20.8. The smallest absolute Gasteiger partial charge is 0.318 e. The Morgan fingerprint density at radius 3 is 2.48 bits per heavy atom. The van der Waals surface area contributed by atoms with E-state index in [-0.39, 0.29) is 12.1 Å². The van der Waals surface area contributed by atoms with Crippen LogP contribution in [0.1, 0.15) is 35.6 Å². The fraction of sp³-hybridized carbons (Fsp3) is 0.435. The molecule has 2 aromatic carbocycles. The molecule has 2 amide bonds. The van der Waals surface area contributed by atoms with Crippen LogP contribution >= 0.6 is 0 Å². The third kappa shape index (κ3) is 5.21. The highest BCUT2D eigenvalue weighted by atomic mass is 16.5. The summed E-state index contributed by atoms with van der Waals surface area (Å²) in [7, 11) is 7.39. The molecule has 0 aliphatic carbocycles. The highest BCUT2D eigenvalue weighted by molar-refractivity contribution is 5.75. The van der Waals surface area contributed by atoms with E-state index in [0.29, 0.717) is 6.54 Å². The van der Waals surface area contributed by atoms with Crippen molar-refractivity contribution in [1.29, 1.82) is 0 Å². The summed E-state index contributed by atoms with van der Waals surface area (Å²) in [5.41, 5.74) is 3.38. The monoisotopic (exact) mass is 397 g/mol. The van der Waals surface area contributed by atoms with Gasteiger partial charge in [0.15, 0.2) is 0 Å². The van der Waals surface area contributed by atoms with Crippen molar-refractivity contribution in [2.45, 2.75) is 32.0 Å². The number of nitrogens with zero attached hydrogens (tertiary/aromatic N) is 2. The van der Waals surface area contributed by atoms with Gasteiger partial charge < -0.3 is 24.6 Å². The van der Waals surface area contributed by atoms with E-state index in [1.165, 1.54) is 5.56 Å². The van der Waals surface area contributed by atoms with Crippen LogP contribution in [0.2, 0.25) is 0 Å². The van der Waals surface area contributed by atoms with Crippen molar-refractivity contribution in [3.05, 3.63) is 59.2 Å². The first-order valence-corrected chi connectivity index (χ1v) is 10.0. The van der Waals surface area contributed by atoms with Crippen LogP contribution in [0.25, 0.3) is 0 Å². The molecule has 0 radical (unpaired) electrons. The molecule has 1 saturated heterocycles. The van der Waals surface area contributed by atoms with Gasteiger partial charge >= 0.3 is 6.03 Å². The summed E-state index contributed by atoms with van der Waals surface area (Å²) in [5.74, 6) is 1.50. The van der Waals surface area contributed by atoms with Gasteiger partial charge in [-0.05, 0) is 50.2 Å². The maximum absolute atomic E-state index is 12.9. The van der Waals surface area contributed by atoms with E-state index in [4.69, 9.17) is 9.47 Å². The van der Waals surface area contributed by atoms with Gasteiger partial charge in [0.05, 0.1) is 20.3 Å². The Morgan fingerprint density at radius 1 is 1.10 bits per heavy atom. The van der Waals surface area contributed by atoms with E-state index >= 15 is 0 Å². The second-order valence-corrected chi connectivity index (χ2v) is 7.67. The number of likely N-dealkylation sites (tertiary alicyclic amines) is 1. The molecule has 2 aromatic rings. The number of carbonyl (C=O) groups excluding carboxylic acids is 1. The molecule has 0 saturated carbocycles. The molecular formula is C23H31N3O3. The Balaban J connectivity index is 1.64. The first-order valence-electron chi connectivity index (χ1n) is 10.0. The van der Waals surface area contributed by atoms with Crippen LogP contribution in [0.4, 0.5) is 4.79 Å². The van der Waals surface area contributed by atoms with Gasteiger partial charge in [-0.2, -0.15) is 0 Å². The molecule has 1 heterocycles. The minimum atomic E-state index is -0.0391. The van der Waals surface area contributed by atoms with Crippen molar-refractivity contribution < 1.29 is 14.3 Å². The van der Waals surface area contributed by atoms with Crippen molar-refractivity contribution >= 4 is 6.03 Å². The predicted molar refractivity (Wildman–Crippen MR) is 114 cm³/mol. The lowest BCUT2D eigenvalue weighted by atomic mass is 10.0. The van der Waals surface area contributed by atoms with E-state index in [2.05, 4.69) is 48.6 Å². The van der Waals surface area contributed by atoms with Gasteiger partial charge in [-0.3, -0.25) is 0 Å². The minimum Gasteiger partial charge on any atom is -0.497 e. The molecule has 1 unspecified atom stereocenters. The summed E-state index contributed by atoms with van der Waals surface area (Å²) in [6.45, 7) is 2.17. The fourth-order valence-corrected chi connectivity index (χ4v) is 3.83. The van der Waals surface area contributed by atoms with Crippen LogP contribution in [0, 0.1) is 0 Å². The van der Waals surface area contributed by atoms with Crippen LogP contribution in [-0.2, 0) is 13.1 Å². The first-order chi connectivity index (χ1) is 14.0. The lowest BCUT2D eigenvalue weighted by Crippen LogP contribution is -2.39. The molecule has 1 atom stereocenters. The third-order valence-electron chi connectivity index (χ3n) is 5.28. The van der Waals surface area contributed by atoms with E-state index < -0.39 is 0 Å². The summed E-state index contributed by atoms with van der Waals surface area (Å²) in [5, 5.41) is 3.07. The van der Waals surface area contributed by atoms with E-state index in [9.17, 15) is 4.79 Å². The van der Waals surface area contributed by atoms with Gasteiger partial charge in [-0.25, -0.2) is 4.79 Å². The SMILES string of the molecule is COc1ccc(C2CCCN2C(=O)NCc2ccc(CN(C)C)cc2)c(OC)c1. The molecular weight excluding hydrogens is 366 g/mol. The molecule has 3 rings (SSSR count). The molecule has 156 valence electrons. The highest BCUT2D eigenvalue weighted by Gasteiger charge is 2.31. The second-order valence-electron chi connectivity index (χ2n) is 7.67. The number of carbonyl (C=O) groups is 1. The zero-order valence-electron chi connectivity index (χ0n) is 17.8. The highest BCUT2D eigenvalue weighted by Crippen LogP contribution is 2.38. The van der Waals surface area contributed by atoms with Gasteiger partial charge in [-0.15, -0.1) is 0 Å². The average molecular weight is 398 g/mol. The Hall–Kier alpha value is -2.73. The zero-order valence-corrected chi connectivity index (χ0v) is 17.8. The molecule has 0 aromatic heterocycles. The molecule has 6 nitrogen and oxygen atoms in total. The maximum Gasteiger partial charge on any atom is 0.318 e. The molecule has 29 heavy (non-hydrogen) atoms. The molecule has 6 heteroatoms. The summed E-state index contributed by atoms with van der Waals surface area (Å²) < 4.78 is 10.8. The Bertz CT molecular complexity index is 821. The van der Waals surface area contributed by atoms with Crippen LogP contribution in [-0.4, -0.2) is 50.7 Å². The van der Waals surface area contributed by atoms with Crippen LogP contribution in [0.3, 0.4) is 0 Å². The van der Waals surface area contributed by atoms with Crippen molar-refractivity contribution in [3.63, 3.8) is 0 Å². The van der Waals surface area contributed by atoms with Crippen LogP contribution in [0.15, 0.2) is 42.5 Å². The lowest BCUT2D eigenvalue weighted by Gasteiger charge is -2.27. The Morgan fingerprint density at radius 2 is 1.83 bits per heavy atom. The first kappa shape index (κ1) is 21.0. The molecule has 1 aliphatic rings. The van der Waals surface area contributed by atoms with Crippen molar-refractivity contribution in [3.8, 4) is 11.5 Å². The quantitative estimate of drug-likeness (QED) is 0.772. The van der Waals surface area contributed by atoms with Crippen molar-refractivity contribution in [2.24, 2.45) is 0 Å². The number of rotatable bonds is 7. The number of urea groups is 1. The lowest BCUT2D eigenvalue weighted by molar-refractivity contribution is 0.191. The molecule has 0 spiro atoms. The summed E-state index contributed by atoms with van der Waals surface area (Å²) in [4.78, 5) is 16.9. The minimum absolute atomic E-state index is 0.0123. The summed E-state index contributed by atoms with van der Waals surface area (Å²) in [6, 6.07) is 14.1. The van der Waals surface area contributed by atoms with Crippen LogP contribution < -0.4 is 14.8 Å². The number of nitrogens with one attached hydrogen (secondary N) is 1. The third-order valence-corrected chi connectivity index (χ3v) is 5.28. The number of hydrogen-bond donors (Lipinski definition) is 1. The van der Waals surface area contributed by atoms with E-state index in [0.717, 1.165) is 48.6 Å². The van der Waals surface area contributed by atoms with E-state index in [1.54, 1.807) is 14.2 Å². The summed E-state index contributed by atoms with van der Waals surface area (Å²) in [6.07, 6.45) is 1.90. The van der Waals surface area contributed by atoms with Gasteiger partial charge in [0, 0.05) is 31.3 Å². The summed E-state index contributed by atoms with van der Waals surface area (Å²) >= 11 is 0. The van der Waals surface area contributed by atoms with Gasteiger partial charge in [0.1, 0.15) is 11.5 Å². The van der Waals surface area contributed by atoms with Gasteiger partial charge in [0.2, 0.25) is 0 Å². The number of methoxy groups -OCH3 is 2. The molecule has 1 aliphatic heterocycles. The number of amides is 2. The molecule has 1 fully saturated rings. The Labute approximate surface area is 173 Å². The largest absolute Gasteiger partial charge is 0.497 e. The number of hydrogen-bond acceptors (Lipinski definition) is 4.